The summed E-state index contributed by atoms with van der Waals surface area (Å²) in [5.41, 5.74) is 5.41. The molecular weight excluding hydrogens is 310 g/mol. The predicted molar refractivity (Wildman–Crippen MR) is 103 cm³/mol. The number of hydrogen-bond donors (Lipinski definition) is 1. The molecule has 0 aliphatic rings. The first-order chi connectivity index (χ1) is 12.2. The molecule has 25 heavy (non-hydrogen) atoms. The minimum atomic E-state index is -0.301. The van der Waals surface area contributed by atoms with Gasteiger partial charge in [0.05, 0.1) is 12.7 Å². The predicted octanol–water partition coefficient (Wildman–Crippen LogP) is 5.74. The minimum absolute atomic E-state index is 0.301. The highest BCUT2D eigenvalue weighted by Crippen LogP contribution is 2.33. The van der Waals surface area contributed by atoms with E-state index in [2.05, 4.69) is 36.2 Å². The van der Waals surface area contributed by atoms with Crippen molar-refractivity contribution in [3.63, 3.8) is 0 Å². The molecule has 2 aromatic carbocycles. The Morgan fingerprint density at radius 1 is 1.00 bits per heavy atom. The maximum absolute atomic E-state index is 11.7. The number of aryl methyl sites for hydroxylation is 1. The van der Waals surface area contributed by atoms with Crippen LogP contribution in [0.1, 0.15) is 48.7 Å². The van der Waals surface area contributed by atoms with Crippen LogP contribution in [0.25, 0.3) is 22.0 Å². The van der Waals surface area contributed by atoms with Crippen molar-refractivity contribution in [2.45, 2.75) is 39.0 Å². The number of hydrogen-bond acceptors (Lipinski definition) is 2. The van der Waals surface area contributed by atoms with Crippen LogP contribution in [0.2, 0.25) is 0 Å². The summed E-state index contributed by atoms with van der Waals surface area (Å²) in [4.78, 5) is 15.3. The third-order valence-electron chi connectivity index (χ3n) is 4.66. The zero-order chi connectivity index (χ0) is 17.6. The van der Waals surface area contributed by atoms with Crippen molar-refractivity contribution in [1.29, 1.82) is 0 Å². The van der Waals surface area contributed by atoms with Crippen LogP contribution in [0.15, 0.2) is 48.5 Å². The molecule has 0 aliphatic heterocycles. The number of carbonyl (C=O) groups excluding carboxylic acids is 1. The summed E-state index contributed by atoms with van der Waals surface area (Å²) in [5.74, 6) is -0.301. The zero-order valence-corrected chi connectivity index (χ0v) is 15.0. The molecule has 130 valence electrons. The van der Waals surface area contributed by atoms with Crippen LogP contribution in [0.3, 0.4) is 0 Å². The first-order valence-corrected chi connectivity index (χ1v) is 9.03. The Morgan fingerprint density at radius 2 is 1.76 bits per heavy atom. The van der Waals surface area contributed by atoms with Crippen molar-refractivity contribution in [3.8, 4) is 11.1 Å². The Bertz CT molecular complexity index is 846. The van der Waals surface area contributed by atoms with Gasteiger partial charge in [-0.3, -0.25) is 0 Å². The lowest BCUT2D eigenvalue weighted by Gasteiger charge is -2.07. The third-order valence-corrected chi connectivity index (χ3v) is 4.66. The Kier molecular flexibility index (Phi) is 5.54. The molecule has 1 N–H and O–H groups in total. The minimum Gasteiger partial charge on any atom is -0.465 e. The Balaban J connectivity index is 1.96. The Labute approximate surface area is 149 Å². The van der Waals surface area contributed by atoms with Gasteiger partial charge in [0.15, 0.2) is 0 Å². The number of benzene rings is 2. The molecule has 0 radical (unpaired) electrons. The average Bonchev–Trinajstić information content (AvgIpc) is 3.03. The first kappa shape index (κ1) is 17.3. The van der Waals surface area contributed by atoms with E-state index in [9.17, 15) is 4.79 Å². The second-order valence-electron chi connectivity index (χ2n) is 6.40. The molecule has 3 nitrogen and oxygen atoms in total. The standard InChI is InChI=1S/C22H25NO2/c1-3-4-5-6-11-20-21(18-9-7-8-10-19(18)23-20)16-12-14-17(15-13-16)22(24)25-2/h7-10,12-15,23H,3-6,11H2,1-2H3. The SMILES string of the molecule is CCCCCCc1[nH]c2ccccc2c1-c1ccc(C(=O)OC)cc1. The number of ether oxygens (including phenoxy) is 1. The van der Waals surface area contributed by atoms with Gasteiger partial charge in [-0.25, -0.2) is 4.79 Å². The third kappa shape index (κ3) is 3.76. The molecule has 0 bridgehead atoms. The number of H-pyrrole nitrogens is 1. The lowest BCUT2D eigenvalue weighted by atomic mass is 9.98. The van der Waals surface area contributed by atoms with Crippen LogP contribution < -0.4 is 0 Å². The van der Waals surface area contributed by atoms with Crippen molar-refractivity contribution in [3.05, 3.63) is 59.8 Å². The van der Waals surface area contributed by atoms with E-state index in [1.165, 1.54) is 55.0 Å². The van der Waals surface area contributed by atoms with Crippen molar-refractivity contribution < 1.29 is 9.53 Å². The number of para-hydroxylation sites is 1. The van der Waals surface area contributed by atoms with E-state index >= 15 is 0 Å². The van der Waals surface area contributed by atoms with Gasteiger partial charge in [0.1, 0.15) is 0 Å². The monoisotopic (exact) mass is 335 g/mol. The number of aromatic nitrogens is 1. The largest absolute Gasteiger partial charge is 0.465 e. The molecule has 0 saturated carbocycles. The van der Waals surface area contributed by atoms with Crippen molar-refractivity contribution in [2.75, 3.05) is 7.11 Å². The van der Waals surface area contributed by atoms with Gasteiger partial charge in [-0.05, 0) is 36.6 Å². The molecule has 3 heteroatoms. The van der Waals surface area contributed by atoms with E-state index in [4.69, 9.17) is 4.74 Å². The molecule has 3 rings (SSSR count). The number of methoxy groups -OCH3 is 1. The number of aromatic amines is 1. The van der Waals surface area contributed by atoms with Crippen molar-refractivity contribution in [1.82, 2.24) is 4.98 Å². The second kappa shape index (κ2) is 8.02. The Morgan fingerprint density at radius 3 is 2.48 bits per heavy atom. The summed E-state index contributed by atoms with van der Waals surface area (Å²) in [5, 5.41) is 1.24. The molecule has 1 aromatic heterocycles. The Hall–Kier alpha value is -2.55. The highest BCUT2D eigenvalue weighted by Gasteiger charge is 2.14. The van der Waals surface area contributed by atoms with Crippen molar-refractivity contribution >= 4 is 16.9 Å². The molecule has 0 unspecified atom stereocenters. The van der Waals surface area contributed by atoms with Crippen molar-refractivity contribution in [2.24, 2.45) is 0 Å². The van der Waals surface area contributed by atoms with E-state index in [1.54, 1.807) is 0 Å². The highest BCUT2D eigenvalue weighted by atomic mass is 16.5. The second-order valence-corrected chi connectivity index (χ2v) is 6.40. The van der Waals surface area contributed by atoms with Gasteiger partial charge in [0.25, 0.3) is 0 Å². The summed E-state index contributed by atoms with van der Waals surface area (Å²) in [6, 6.07) is 16.1. The number of esters is 1. The first-order valence-electron chi connectivity index (χ1n) is 9.03. The quantitative estimate of drug-likeness (QED) is 0.441. The highest BCUT2D eigenvalue weighted by molar-refractivity contribution is 5.98. The normalized spacial score (nSPS) is 11.0. The number of nitrogens with one attached hydrogen (secondary N) is 1. The van der Waals surface area contributed by atoms with Gasteiger partial charge in [0, 0.05) is 22.2 Å². The van der Waals surface area contributed by atoms with Gasteiger partial charge < -0.3 is 9.72 Å². The van der Waals surface area contributed by atoms with Crippen LogP contribution in [-0.4, -0.2) is 18.1 Å². The molecule has 0 amide bonds. The zero-order valence-electron chi connectivity index (χ0n) is 15.0. The fraction of sp³-hybridized carbons (Fsp3) is 0.318. The van der Waals surface area contributed by atoms with Crippen LogP contribution in [-0.2, 0) is 11.2 Å². The molecule has 0 aliphatic carbocycles. The fourth-order valence-corrected chi connectivity index (χ4v) is 3.33. The summed E-state index contributed by atoms with van der Waals surface area (Å²) < 4.78 is 4.79. The number of rotatable bonds is 7. The molecule has 3 aromatic rings. The molecule has 0 saturated heterocycles. The van der Waals surface area contributed by atoms with E-state index in [-0.39, 0.29) is 5.97 Å². The van der Waals surface area contributed by atoms with Gasteiger partial charge in [-0.15, -0.1) is 0 Å². The smallest absolute Gasteiger partial charge is 0.337 e. The summed E-state index contributed by atoms with van der Waals surface area (Å²) in [6.45, 7) is 2.23. The lowest BCUT2D eigenvalue weighted by molar-refractivity contribution is 0.0601. The molecule has 0 fully saturated rings. The summed E-state index contributed by atoms with van der Waals surface area (Å²) >= 11 is 0. The average molecular weight is 335 g/mol. The number of carbonyl (C=O) groups is 1. The van der Waals surface area contributed by atoms with Crippen LogP contribution in [0.4, 0.5) is 0 Å². The molecule has 0 atom stereocenters. The topological polar surface area (TPSA) is 42.1 Å². The van der Waals surface area contributed by atoms with Crippen LogP contribution in [0.5, 0.6) is 0 Å². The van der Waals surface area contributed by atoms with Gasteiger partial charge in [0.2, 0.25) is 0 Å². The maximum Gasteiger partial charge on any atom is 0.337 e. The molecular formula is C22H25NO2. The number of fused-ring (bicyclic) bond motifs is 1. The van der Waals surface area contributed by atoms with Crippen LogP contribution in [0, 0.1) is 0 Å². The lowest BCUT2D eigenvalue weighted by Crippen LogP contribution is -2.00. The molecule has 1 heterocycles. The van der Waals surface area contributed by atoms with Gasteiger partial charge in [-0.2, -0.15) is 0 Å². The van der Waals surface area contributed by atoms with Gasteiger partial charge in [-0.1, -0.05) is 56.5 Å². The van der Waals surface area contributed by atoms with E-state index in [1.807, 2.05) is 24.3 Å². The summed E-state index contributed by atoms with van der Waals surface area (Å²) in [6.07, 6.45) is 6.02. The maximum atomic E-state index is 11.7. The van der Waals surface area contributed by atoms with Gasteiger partial charge >= 0.3 is 5.97 Å². The summed E-state index contributed by atoms with van der Waals surface area (Å²) in [7, 11) is 1.41. The van der Waals surface area contributed by atoms with E-state index in [0.29, 0.717) is 5.56 Å². The number of unbranched alkanes of at least 4 members (excludes halogenated alkanes) is 3. The molecule has 0 spiro atoms. The van der Waals surface area contributed by atoms with E-state index < -0.39 is 0 Å². The van der Waals surface area contributed by atoms with E-state index in [0.717, 1.165) is 12.0 Å². The fourth-order valence-electron chi connectivity index (χ4n) is 3.33. The van der Waals surface area contributed by atoms with Crippen LogP contribution >= 0.6 is 0 Å².